The number of anilines is 1. The zero-order valence-corrected chi connectivity index (χ0v) is 8.87. The molecule has 1 aromatic rings. The molecule has 15 heavy (non-hydrogen) atoms. The van der Waals surface area contributed by atoms with E-state index in [2.05, 4.69) is 4.90 Å². The Morgan fingerprint density at radius 3 is 2.60 bits per heavy atom. The van der Waals surface area contributed by atoms with Crippen molar-refractivity contribution in [2.24, 2.45) is 0 Å². The molecule has 1 saturated heterocycles. The van der Waals surface area contributed by atoms with Crippen molar-refractivity contribution in [3.8, 4) is 0 Å². The molecule has 0 atom stereocenters. The van der Waals surface area contributed by atoms with Crippen molar-refractivity contribution in [2.75, 3.05) is 18.8 Å². The number of nitrogens with zero attached hydrogens (tertiary/aromatic N) is 1. The van der Waals surface area contributed by atoms with Gasteiger partial charge in [-0.05, 0) is 31.4 Å². The van der Waals surface area contributed by atoms with Crippen LogP contribution in [-0.2, 0) is 0 Å². The van der Waals surface area contributed by atoms with E-state index >= 15 is 0 Å². The average Bonchev–Trinajstić information content (AvgIpc) is 2.29. The summed E-state index contributed by atoms with van der Waals surface area (Å²) >= 11 is 0. The molecule has 1 fully saturated rings. The molecular formula is C12H17N3. The van der Waals surface area contributed by atoms with E-state index in [-0.39, 0.29) is 0 Å². The molecule has 0 amide bonds. The van der Waals surface area contributed by atoms with Gasteiger partial charge in [-0.25, -0.2) is 0 Å². The van der Waals surface area contributed by atoms with E-state index in [1.54, 1.807) is 0 Å². The molecule has 0 aliphatic carbocycles. The largest absolute Gasteiger partial charge is 0.399 e. The van der Waals surface area contributed by atoms with Crippen molar-refractivity contribution in [3.63, 3.8) is 0 Å². The lowest BCUT2D eigenvalue weighted by molar-refractivity contribution is 0.341. The fraction of sp³-hybridized carbons (Fsp3) is 0.417. The van der Waals surface area contributed by atoms with Crippen LogP contribution in [0.1, 0.15) is 24.8 Å². The Labute approximate surface area is 90.4 Å². The standard InChI is InChI=1S/C12H17N3/c13-11-6-4-5-10(9-11)12(14)15-7-2-1-3-8-15/h4-6,9,14H,1-3,7-8,13H2. The van der Waals surface area contributed by atoms with Gasteiger partial charge in [-0.1, -0.05) is 12.1 Å². The third-order valence-corrected chi connectivity index (χ3v) is 2.83. The van der Waals surface area contributed by atoms with Crippen LogP contribution >= 0.6 is 0 Å². The van der Waals surface area contributed by atoms with Crippen molar-refractivity contribution in [2.45, 2.75) is 19.3 Å². The highest BCUT2D eigenvalue weighted by molar-refractivity contribution is 5.97. The first-order chi connectivity index (χ1) is 7.27. The van der Waals surface area contributed by atoms with E-state index in [4.69, 9.17) is 11.1 Å². The van der Waals surface area contributed by atoms with Crippen LogP contribution in [0.25, 0.3) is 0 Å². The molecule has 80 valence electrons. The smallest absolute Gasteiger partial charge is 0.128 e. The van der Waals surface area contributed by atoms with Crippen molar-refractivity contribution in [1.29, 1.82) is 5.41 Å². The van der Waals surface area contributed by atoms with E-state index in [1.807, 2.05) is 24.3 Å². The summed E-state index contributed by atoms with van der Waals surface area (Å²) in [4.78, 5) is 2.14. The van der Waals surface area contributed by atoms with Crippen molar-refractivity contribution in [1.82, 2.24) is 4.90 Å². The molecule has 0 bridgehead atoms. The Hall–Kier alpha value is -1.51. The minimum Gasteiger partial charge on any atom is -0.399 e. The van der Waals surface area contributed by atoms with Crippen LogP contribution in [0.2, 0.25) is 0 Å². The van der Waals surface area contributed by atoms with Gasteiger partial charge in [0.05, 0.1) is 0 Å². The molecule has 3 nitrogen and oxygen atoms in total. The molecule has 3 N–H and O–H groups in total. The van der Waals surface area contributed by atoms with Crippen molar-refractivity contribution < 1.29 is 0 Å². The van der Waals surface area contributed by atoms with Crippen LogP contribution < -0.4 is 5.73 Å². The molecule has 3 heteroatoms. The highest BCUT2D eigenvalue weighted by atomic mass is 15.2. The Morgan fingerprint density at radius 1 is 1.20 bits per heavy atom. The van der Waals surface area contributed by atoms with Gasteiger partial charge in [0, 0.05) is 24.3 Å². The van der Waals surface area contributed by atoms with Crippen LogP contribution in [0.15, 0.2) is 24.3 Å². The number of likely N-dealkylation sites (tertiary alicyclic amines) is 1. The molecule has 1 aromatic carbocycles. The first kappa shape index (κ1) is 10.0. The van der Waals surface area contributed by atoms with E-state index in [0.717, 1.165) is 24.3 Å². The van der Waals surface area contributed by atoms with E-state index in [1.165, 1.54) is 19.3 Å². The molecular weight excluding hydrogens is 186 g/mol. The van der Waals surface area contributed by atoms with Gasteiger partial charge >= 0.3 is 0 Å². The second-order valence-corrected chi connectivity index (χ2v) is 4.02. The maximum atomic E-state index is 8.09. The first-order valence-corrected chi connectivity index (χ1v) is 5.47. The predicted molar refractivity (Wildman–Crippen MR) is 63.1 cm³/mol. The summed E-state index contributed by atoms with van der Waals surface area (Å²) in [5.41, 5.74) is 7.37. The summed E-state index contributed by atoms with van der Waals surface area (Å²) in [6.45, 7) is 2.02. The van der Waals surface area contributed by atoms with Gasteiger partial charge in [0.15, 0.2) is 0 Å². The summed E-state index contributed by atoms with van der Waals surface area (Å²) < 4.78 is 0. The quantitative estimate of drug-likeness (QED) is 0.417. The molecule has 2 rings (SSSR count). The molecule has 0 radical (unpaired) electrons. The molecule has 0 aromatic heterocycles. The van der Waals surface area contributed by atoms with E-state index in [0.29, 0.717) is 5.84 Å². The summed E-state index contributed by atoms with van der Waals surface area (Å²) in [5, 5.41) is 8.09. The van der Waals surface area contributed by atoms with Gasteiger partial charge in [0.25, 0.3) is 0 Å². The average molecular weight is 203 g/mol. The fourth-order valence-corrected chi connectivity index (χ4v) is 1.99. The number of nitrogens with one attached hydrogen (secondary N) is 1. The third kappa shape index (κ3) is 2.29. The van der Waals surface area contributed by atoms with Gasteiger partial charge in [0.2, 0.25) is 0 Å². The molecule has 0 spiro atoms. The molecule has 1 heterocycles. The number of benzene rings is 1. The molecule has 1 aliphatic rings. The Kier molecular flexibility index (Phi) is 2.90. The molecule has 0 saturated carbocycles. The summed E-state index contributed by atoms with van der Waals surface area (Å²) in [6.07, 6.45) is 3.69. The topological polar surface area (TPSA) is 53.1 Å². The van der Waals surface area contributed by atoms with Crippen LogP contribution in [0.5, 0.6) is 0 Å². The van der Waals surface area contributed by atoms with Crippen molar-refractivity contribution >= 4 is 11.5 Å². The third-order valence-electron chi connectivity index (χ3n) is 2.83. The lowest BCUT2D eigenvalue weighted by Crippen LogP contribution is -2.35. The molecule has 0 unspecified atom stereocenters. The van der Waals surface area contributed by atoms with Crippen LogP contribution in [0.3, 0.4) is 0 Å². The number of hydrogen-bond donors (Lipinski definition) is 2. The zero-order chi connectivity index (χ0) is 10.7. The fourth-order valence-electron chi connectivity index (χ4n) is 1.99. The first-order valence-electron chi connectivity index (χ1n) is 5.47. The van der Waals surface area contributed by atoms with Crippen LogP contribution in [0, 0.1) is 5.41 Å². The number of hydrogen-bond acceptors (Lipinski definition) is 2. The summed E-state index contributed by atoms with van der Waals surface area (Å²) in [7, 11) is 0. The predicted octanol–water partition coefficient (Wildman–Crippen LogP) is 2.08. The Balaban J connectivity index is 2.12. The van der Waals surface area contributed by atoms with Gasteiger partial charge in [-0.3, -0.25) is 5.41 Å². The number of piperidine rings is 1. The maximum Gasteiger partial charge on any atom is 0.128 e. The van der Waals surface area contributed by atoms with E-state index in [9.17, 15) is 0 Å². The van der Waals surface area contributed by atoms with Gasteiger partial charge in [0.1, 0.15) is 5.84 Å². The lowest BCUT2D eigenvalue weighted by Gasteiger charge is -2.29. The zero-order valence-electron chi connectivity index (χ0n) is 8.87. The summed E-state index contributed by atoms with van der Waals surface area (Å²) in [5.74, 6) is 0.613. The number of amidine groups is 1. The van der Waals surface area contributed by atoms with Gasteiger partial charge in [-0.15, -0.1) is 0 Å². The normalized spacial score (nSPS) is 16.4. The highest BCUT2D eigenvalue weighted by Gasteiger charge is 2.14. The maximum absolute atomic E-state index is 8.09. The van der Waals surface area contributed by atoms with Crippen LogP contribution in [-0.4, -0.2) is 23.8 Å². The SMILES string of the molecule is N=C(c1cccc(N)c1)N1CCCCC1. The minimum atomic E-state index is 0.613. The Morgan fingerprint density at radius 2 is 1.93 bits per heavy atom. The second-order valence-electron chi connectivity index (χ2n) is 4.02. The summed E-state index contributed by atoms with van der Waals surface area (Å²) in [6, 6.07) is 7.58. The van der Waals surface area contributed by atoms with Gasteiger partial charge in [-0.2, -0.15) is 0 Å². The highest BCUT2D eigenvalue weighted by Crippen LogP contribution is 2.14. The lowest BCUT2D eigenvalue weighted by atomic mass is 10.1. The number of rotatable bonds is 1. The molecule has 1 aliphatic heterocycles. The second kappa shape index (κ2) is 4.34. The number of nitrogens with two attached hydrogens (primary N) is 1. The van der Waals surface area contributed by atoms with Gasteiger partial charge < -0.3 is 10.6 Å². The van der Waals surface area contributed by atoms with E-state index < -0.39 is 0 Å². The number of nitrogen functional groups attached to an aromatic ring is 1. The van der Waals surface area contributed by atoms with Crippen LogP contribution in [0.4, 0.5) is 5.69 Å². The van der Waals surface area contributed by atoms with Crippen molar-refractivity contribution in [3.05, 3.63) is 29.8 Å². The monoisotopic (exact) mass is 203 g/mol. The Bertz CT molecular complexity index is 354. The minimum absolute atomic E-state index is 0.613.